The molecule has 0 spiro atoms. The van der Waals surface area contributed by atoms with Crippen molar-refractivity contribution in [3.8, 4) is 0 Å². The van der Waals surface area contributed by atoms with Crippen molar-refractivity contribution < 1.29 is 31.8 Å². The van der Waals surface area contributed by atoms with Crippen LogP contribution in [-0.4, -0.2) is 49.9 Å². The van der Waals surface area contributed by atoms with E-state index in [0.717, 1.165) is 24.3 Å². The molecule has 1 aromatic carbocycles. The molecule has 0 fully saturated rings. The summed E-state index contributed by atoms with van der Waals surface area (Å²) in [7, 11) is -5.43. The lowest BCUT2D eigenvalue weighted by atomic mass is 10.0. The van der Waals surface area contributed by atoms with Gasteiger partial charge in [0.1, 0.15) is 6.10 Å². The molecule has 10 heteroatoms. The number of sulfone groups is 1. The second-order valence-electron chi connectivity index (χ2n) is 4.52. The Morgan fingerprint density at radius 2 is 1.73 bits per heavy atom. The molecule has 0 radical (unpaired) electrons. The van der Waals surface area contributed by atoms with E-state index in [1.54, 1.807) is 0 Å². The average molecular weight is 342 g/mol. The smallest absolute Gasteiger partial charge is 0.389 e. The zero-order valence-electron chi connectivity index (χ0n) is 11.4. The molecule has 0 aliphatic rings. The highest BCUT2D eigenvalue weighted by molar-refractivity contribution is 7.92. The van der Waals surface area contributed by atoms with Crippen molar-refractivity contribution in [3.63, 3.8) is 0 Å². The van der Waals surface area contributed by atoms with E-state index in [2.05, 4.69) is 5.32 Å². The quantitative estimate of drug-likeness (QED) is 0.516. The van der Waals surface area contributed by atoms with Crippen molar-refractivity contribution in [3.05, 3.63) is 29.8 Å². The minimum Gasteiger partial charge on any atom is -0.389 e. The number of benzene rings is 1. The summed E-state index contributed by atoms with van der Waals surface area (Å²) >= 11 is 0. The van der Waals surface area contributed by atoms with E-state index in [1.165, 1.54) is 0 Å². The van der Waals surface area contributed by atoms with Crippen LogP contribution in [-0.2, 0) is 9.84 Å². The van der Waals surface area contributed by atoms with Crippen LogP contribution in [0, 0.1) is 0 Å². The Kier molecular flexibility index (Phi) is 6.32. The Morgan fingerprint density at radius 1 is 1.18 bits per heavy atom. The zero-order valence-corrected chi connectivity index (χ0v) is 12.2. The summed E-state index contributed by atoms with van der Waals surface area (Å²) in [5.74, 6) is 0. The van der Waals surface area contributed by atoms with Crippen LogP contribution in [0.2, 0.25) is 0 Å². The Bertz CT molecular complexity index is 575. The summed E-state index contributed by atoms with van der Waals surface area (Å²) in [6.07, 6.45) is -2.58. The van der Waals surface area contributed by atoms with Gasteiger partial charge in [0.05, 0.1) is 11.0 Å². The topological polar surface area (TPSA) is 113 Å². The SMILES string of the molecule is NCCNCC(O)C(O)c1ccc(S(=O)(=O)C(F)(F)F)cc1. The number of nitrogens with one attached hydrogen (secondary N) is 1. The van der Waals surface area contributed by atoms with Gasteiger partial charge in [-0.25, -0.2) is 8.42 Å². The van der Waals surface area contributed by atoms with Gasteiger partial charge in [-0.15, -0.1) is 0 Å². The lowest BCUT2D eigenvalue weighted by Crippen LogP contribution is -2.34. The zero-order chi connectivity index (χ0) is 17.0. The lowest BCUT2D eigenvalue weighted by Gasteiger charge is -2.19. The highest BCUT2D eigenvalue weighted by Crippen LogP contribution is 2.30. The molecular weight excluding hydrogens is 325 g/mol. The third-order valence-electron chi connectivity index (χ3n) is 2.88. The number of hydrogen-bond donors (Lipinski definition) is 4. The van der Waals surface area contributed by atoms with Gasteiger partial charge in [-0.2, -0.15) is 13.2 Å². The maximum Gasteiger partial charge on any atom is 0.501 e. The number of hydrogen-bond acceptors (Lipinski definition) is 6. The molecular formula is C12H17F3N2O4S. The Balaban J connectivity index is 2.85. The number of halogens is 3. The number of rotatable bonds is 7. The monoisotopic (exact) mass is 342 g/mol. The minimum absolute atomic E-state index is 0.0287. The molecule has 0 aliphatic heterocycles. The van der Waals surface area contributed by atoms with Crippen LogP contribution >= 0.6 is 0 Å². The van der Waals surface area contributed by atoms with Gasteiger partial charge in [-0.3, -0.25) is 0 Å². The Morgan fingerprint density at radius 3 is 2.18 bits per heavy atom. The van der Waals surface area contributed by atoms with Gasteiger partial charge in [0, 0.05) is 19.6 Å². The largest absolute Gasteiger partial charge is 0.501 e. The van der Waals surface area contributed by atoms with E-state index in [1.807, 2.05) is 0 Å². The first-order valence-corrected chi connectivity index (χ1v) is 7.78. The van der Waals surface area contributed by atoms with Gasteiger partial charge in [0.2, 0.25) is 0 Å². The Hall–Kier alpha value is -1.20. The molecule has 0 aliphatic carbocycles. The molecule has 0 amide bonds. The highest BCUT2D eigenvalue weighted by Gasteiger charge is 2.46. The number of nitrogens with two attached hydrogens (primary N) is 1. The van der Waals surface area contributed by atoms with Gasteiger partial charge in [-0.1, -0.05) is 12.1 Å². The van der Waals surface area contributed by atoms with Gasteiger partial charge >= 0.3 is 5.51 Å². The van der Waals surface area contributed by atoms with Crippen molar-refractivity contribution in [2.24, 2.45) is 5.73 Å². The standard InChI is InChI=1S/C12H17F3N2O4S/c13-12(14,15)22(20,21)9-3-1-8(2-4-9)11(19)10(18)7-17-6-5-16/h1-4,10-11,17-19H,5-7,16H2. The van der Waals surface area contributed by atoms with Crippen LogP contribution in [0.1, 0.15) is 11.7 Å². The average Bonchev–Trinajstić information content (AvgIpc) is 2.45. The van der Waals surface area contributed by atoms with E-state index in [0.29, 0.717) is 13.1 Å². The fraction of sp³-hybridized carbons (Fsp3) is 0.500. The number of aliphatic hydroxyl groups excluding tert-OH is 2. The van der Waals surface area contributed by atoms with Crippen molar-refractivity contribution in [2.45, 2.75) is 22.6 Å². The molecule has 0 saturated heterocycles. The van der Waals surface area contributed by atoms with E-state index in [4.69, 9.17) is 5.73 Å². The molecule has 0 aromatic heterocycles. The molecule has 2 unspecified atom stereocenters. The fourth-order valence-electron chi connectivity index (χ4n) is 1.66. The summed E-state index contributed by atoms with van der Waals surface area (Å²) in [6, 6.07) is 3.52. The van der Waals surface area contributed by atoms with Gasteiger partial charge < -0.3 is 21.3 Å². The van der Waals surface area contributed by atoms with Gasteiger partial charge in [0.15, 0.2) is 0 Å². The maximum absolute atomic E-state index is 12.4. The molecule has 22 heavy (non-hydrogen) atoms. The molecule has 5 N–H and O–H groups in total. The van der Waals surface area contributed by atoms with E-state index in [9.17, 15) is 31.8 Å². The predicted molar refractivity (Wildman–Crippen MR) is 72.6 cm³/mol. The van der Waals surface area contributed by atoms with Crippen LogP contribution in [0.15, 0.2) is 29.2 Å². The maximum atomic E-state index is 12.4. The van der Waals surface area contributed by atoms with Gasteiger partial charge in [0.25, 0.3) is 9.84 Å². The van der Waals surface area contributed by atoms with E-state index >= 15 is 0 Å². The predicted octanol–water partition coefficient (Wildman–Crippen LogP) is -0.0773. The van der Waals surface area contributed by atoms with Crippen LogP contribution in [0.5, 0.6) is 0 Å². The summed E-state index contributed by atoms with van der Waals surface area (Å²) in [6.45, 7) is 0.792. The summed E-state index contributed by atoms with van der Waals surface area (Å²) < 4.78 is 59.5. The second-order valence-corrected chi connectivity index (χ2v) is 6.46. The van der Waals surface area contributed by atoms with Gasteiger partial charge in [-0.05, 0) is 17.7 Å². The normalized spacial score (nSPS) is 15.5. The van der Waals surface area contributed by atoms with Crippen molar-refractivity contribution in [2.75, 3.05) is 19.6 Å². The summed E-state index contributed by atoms with van der Waals surface area (Å²) in [4.78, 5) is -0.924. The summed E-state index contributed by atoms with van der Waals surface area (Å²) in [5.41, 5.74) is -0.0509. The first kappa shape index (κ1) is 18.8. The first-order valence-electron chi connectivity index (χ1n) is 6.29. The third kappa shape index (κ3) is 4.40. The van der Waals surface area contributed by atoms with Crippen LogP contribution in [0.3, 0.4) is 0 Å². The van der Waals surface area contributed by atoms with Crippen LogP contribution < -0.4 is 11.1 Å². The van der Waals surface area contributed by atoms with Crippen LogP contribution in [0.4, 0.5) is 13.2 Å². The summed E-state index contributed by atoms with van der Waals surface area (Å²) in [5, 5.41) is 22.3. The molecule has 1 aromatic rings. The molecule has 1 rings (SSSR count). The van der Waals surface area contributed by atoms with Crippen molar-refractivity contribution >= 4 is 9.84 Å². The molecule has 0 saturated carbocycles. The second kappa shape index (κ2) is 7.38. The fourth-order valence-corrected chi connectivity index (χ4v) is 2.43. The molecule has 0 heterocycles. The molecule has 126 valence electrons. The molecule has 0 bridgehead atoms. The van der Waals surface area contributed by atoms with E-state index in [-0.39, 0.29) is 12.1 Å². The lowest BCUT2D eigenvalue weighted by molar-refractivity contribution is -0.0436. The molecule has 6 nitrogen and oxygen atoms in total. The van der Waals surface area contributed by atoms with Crippen molar-refractivity contribution in [1.29, 1.82) is 0 Å². The van der Waals surface area contributed by atoms with E-state index < -0.39 is 32.4 Å². The number of alkyl halides is 3. The minimum atomic E-state index is -5.43. The third-order valence-corrected chi connectivity index (χ3v) is 4.38. The molecule has 2 atom stereocenters. The highest BCUT2D eigenvalue weighted by atomic mass is 32.2. The van der Waals surface area contributed by atoms with Crippen molar-refractivity contribution in [1.82, 2.24) is 5.32 Å². The van der Waals surface area contributed by atoms with Crippen LogP contribution in [0.25, 0.3) is 0 Å². The number of aliphatic hydroxyl groups is 2. The first-order chi connectivity index (χ1) is 10.1. The Labute approximate surface area is 125 Å².